The molecule has 3 heteroatoms. The van der Waals surface area contributed by atoms with Crippen LogP contribution in [0.2, 0.25) is 0 Å². The first-order chi connectivity index (χ1) is 33.9. The summed E-state index contributed by atoms with van der Waals surface area (Å²) in [4.78, 5) is 2.76. The average molecular weight is 913 g/mol. The number of anilines is 3. The van der Waals surface area contributed by atoms with Crippen molar-refractivity contribution in [2.24, 2.45) is 29.6 Å². The molecule has 3 heterocycles. The van der Waals surface area contributed by atoms with Crippen molar-refractivity contribution < 1.29 is 0 Å². The van der Waals surface area contributed by atoms with Crippen molar-refractivity contribution in [2.45, 2.75) is 153 Å². The molecule has 0 N–H and O–H groups in total. The van der Waals surface area contributed by atoms with E-state index in [1.165, 1.54) is 189 Å². The van der Waals surface area contributed by atoms with Crippen LogP contribution in [0.1, 0.15) is 152 Å². The topological polar surface area (TPSA) is 8.17 Å². The van der Waals surface area contributed by atoms with E-state index in [-0.39, 0.29) is 23.1 Å². The number of nitrogens with zero attached hydrogens (tertiary/aromatic N) is 2. The zero-order valence-electron chi connectivity index (χ0n) is 42.7. The zero-order chi connectivity index (χ0) is 46.8. The lowest BCUT2D eigenvalue weighted by Gasteiger charge is -2.57. The van der Waals surface area contributed by atoms with Crippen LogP contribution < -0.4 is 15.8 Å². The lowest BCUT2D eigenvalue weighted by Crippen LogP contribution is -2.57. The van der Waals surface area contributed by atoms with Crippen molar-refractivity contribution in [1.82, 2.24) is 4.48 Å². The van der Waals surface area contributed by atoms with Gasteiger partial charge in [-0.2, -0.15) is 0 Å². The fourth-order valence-electron chi connectivity index (χ4n) is 18.8. The first-order valence-electron chi connectivity index (χ1n) is 28.1. The predicted molar refractivity (Wildman–Crippen MR) is 297 cm³/mol. The van der Waals surface area contributed by atoms with Gasteiger partial charge in [-0.3, -0.25) is 0 Å². The molecule has 0 spiro atoms. The van der Waals surface area contributed by atoms with Gasteiger partial charge in [-0.25, -0.2) is 0 Å². The van der Waals surface area contributed by atoms with Gasteiger partial charge in [0.15, 0.2) is 0 Å². The second-order valence-electron chi connectivity index (χ2n) is 26.6. The van der Waals surface area contributed by atoms with Gasteiger partial charge in [0, 0.05) is 44.4 Å². The molecule has 70 heavy (non-hydrogen) atoms. The average Bonchev–Trinajstić information content (AvgIpc) is 3.88. The van der Waals surface area contributed by atoms with E-state index in [0.29, 0.717) is 5.41 Å². The summed E-state index contributed by atoms with van der Waals surface area (Å²) in [6, 6.07) is 45.3. The van der Waals surface area contributed by atoms with E-state index in [9.17, 15) is 0 Å². The van der Waals surface area contributed by atoms with Crippen LogP contribution in [0, 0.1) is 36.5 Å². The van der Waals surface area contributed by atoms with Crippen LogP contribution in [-0.4, -0.2) is 11.3 Å². The maximum atomic E-state index is 2.91. The molecular formula is C67H69BN2. The van der Waals surface area contributed by atoms with Crippen LogP contribution in [-0.2, 0) is 21.7 Å². The summed E-state index contributed by atoms with van der Waals surface area (Å²) in [5.74, 6) is 4.47. The summed E-state index contributed by atoms with van der Waals surface area (Å²) in [7, 11) is 0. The van der Waals surface area contributed by atoms with Crippen LogP contribution in [0.5, 0.6) is 0 Å². The third kappa shape index (κ3) is 5.38. The summed E-state index contributed by atoms with van der Waals surface area (Å²) in [5.41, 5.74) is 21.3. The number of aryl methyl sites for hydroxylation is 1. The molecule has 2 aliphatic heterocycles. The van der Waals surface area contributed by atoms with E-state index < -0.39 is 0 Å². The van der Waals surface area contributed by atoms with E-state index >= 15 is 0 Å². The Kier molecular flexibility index (Phi) is 8.16. The Morgan fingerprint density at radius 1 is 0.543 bits per heavy atom. The molecule has 0 radical (unpaired) electrons. The molecule has 9 aliphatic rings. The second kappa shape index (κ2) is 13.8. The minimum Gasteiger partial charge on any atom is -0.375 e. The van der Waals surface area contributed by atoms with Gasteiger partial charge in [-0.05, 0) is 244 Å². The fourth-order valence-corrected chi connectivity index (χ4v) is 18.8. The minimum absolute atomic E-state index is 0.00896. The van der Waals surface area contributed by atoms with Crippen LogP contribution in [0.4, 0.5) is 17.1 Å². The number of aromatic nitrogens is 1. The Labute approximate surface area is 416 Å². The number of hydrogen-bond donors (Lipinski definition) is 0. The van der Waals surface area contributed by atoms with Gasteiger partial charge >= 0.3 is 6.85 Å². The Bertz CT molecular complexity index is 3570. The maximum Gasteiger partial charge on any atom is 0.333 e. The molecule has 2 nitrogen and oxygen atoms in total. The molecule has 8 aromatic rings. The van der Waals surface area contributed by atoms with Crippen molar-refractivity contribution in [3.63, 3.8) is 0 Å². The Morgan fingerprint density at radius 2 is 1.19 bits per heavy atom. The molecule has 6 fully saturated rings. The molecule has 350 valence electrons. The number of fused-ring (bicyclic) bond motifs is 14. The lowest BCUT2D eigenvalue weighted by atomic mass is 9.44. The summed E-state index contributed by atoms with van der Waals surface area (Å²) >= 11 is 0. The highest BCUT2D eigenvalue weighted by Crippen LogP contribution is 2.62. The second-order valence-corrected chi connectivity index (χ2v) is 26.6. The SMILES string of the molecule is CCC1(c2cc3c4c(c2)c2cc(C56CC7CC(CC(C7)C5)C6)ccc2n4B2c4c(cc5ccccc5c4-3)N(c3cc4c(cc3C)C(C)(C)CCC4(C)C)c3ccc4ccccc4c32)CC2CCC(C2)C1. The van der Waals surface area contributed by atoms with Gasteiger partial charge in [0.2, 0.25) is 0 Å². The molecule has 7 aromatic carbocycles. The summed E-state index contributed by atoms with van der Waals surface area (Å²) in [5, 5.41) is 8.47. The molecule has 1 aromatic heterocycles. The largest absolute Gasteiger partial charge is 0.375 e. The van der Waals surface area contributed by atoms with Crippen molar-refractivity contribution in [3.8, 4) is 11.1 Å². The van der Waals surface area contributed by atoms with Gasteiger partial charge in [-0.1, -0.05) is 114 Å². The number of benzene rings is 7. The molecule has 17 rings (SSSR count). The normalized spacial score (nSPS) is 29.3. The molecule has 2 unspecified atom stereocenters. The van der Waals surface area contributed by atoms with Gasteiger partial charge in [0.1, 0.15) is 0 Å². The quantitative estimate of drug-likeness (QED) is 0.160. The third-order valence-corrected chi connectivity index (χ3v) is 21.8. The Balaban J connectivity index is 1.04. The summed E-state index contributed by atoms with van der Waals surface area (Å²) in [6.07, 6.45) is 19.3. The van der Waals surface area contributed by atoms with E-state index in [2.05, 4.69) is 160 Å². The van der Waals surface area contributed by atoms with Gasteiger partial charge in [-0.15, -0.1) is 0 Å². The highest BCUT2D eigenvalue weighted by molar-refractivity contribution is 6.92. The van der Waals surface area contributed by atoms with Crippen molar-refractivity contribution in [3.05, 3.63) is 137 Å². The van der Waals surface area contributed by atoms with Gasteiger partial charge in [0.25, 0.3) is 0 Å². The van der Waals surface area contributed by atoms with Crippen LogP contribution in [0.25, 0.3) is 54.5 Å². The van der Waals surface area contributed by atoms with Crippen molar-refractivity contribution >= 4 is 78.2 Å². The van der Waals surface area contributed by atoms with E-state index in [1.54, 1.807) is 11.1 Å². The Hall–Kier alpha value is -5.28. The van der Waals surface area contributed by atoms with E-state index in [0.717, 1.165) is 29.6 Å². The zero-order valence-corrected chi connectivity index (χ0v) is 42.7. The fraction of sp³-hybridized carbons (Fsp3) is 0.433. The summed E-state index contributed by atoms with van der Waals surface area (Å²) < 4.78 is 2.91. The highest BCUT2D eigenvalue weighted by atomic mass is 15.2. The monoisotopic (exact) mass is 913 g/mol. The minimum atomic E-state index is 0.00896. The first-order valence-corrected chi connectivity index (χ1v) is 28.1. The van der Waals surface area contributed by atoms with Gasteiger partial charge in [0.05, 0.1) is 0 Å². The van der Waals surface area contributed by atoms with Gasteiger partial charge < -0.3 is 9.38 Å². The molecule has 2 atom stereocenters. The van der Waals surface area contributed by atoms with Crippen molar-refractivity contribution in [2.75, 3.05) is 4.90 Å². The van der Waals surface area contributed by atoms with Crippen LogP contribution >= 0.6 is 0 Å². The standard InChI is InChI=1S/C67H69BN2/c1-7-66(34-40-16-17-41(25-40)35-66)48-31-52-51-30-47(67-36-42-26-43(37-67)28-44(27-42)38-67)19-21-56(51)70-63(52)53(32-48)60-49-14-10-9-13-46(49)29-59-62(60)68(70)61-50-15-11-8-12-45(50)18-20-57(61)69(59)58-33-55-54(24-39(58)2)64(3,4)22-23-65(55,5)6/h8-15,18-21,24,29-33,40-44H,7,16-17,22-23,25-28,34-38H2,1-6H3. The molecule has 0 amide bonds. The van der Waals surface area contributed by atoms with E-state index in [4.69, 9.17) is 0 Å². The van der Waals surface area contributed by atoms with E-state index in [1.807, 2.05) is 0 Å². The number of rotatable bonds is 4. The Morgan fingerprint density at radius 3 is 1.90 bits per heavy atom. The third-order valence-electron chi connectivity index (χ3n) is 21.8. The molecule has 6 saturated carbocycles. The smallest absolute Gasteiger partial charge is 0.333 e. The molecular weight excluding hydrogens is 844 g/mol. The molecule has 7 aliphatic carbocycles. The number of hydrogen-bond acceptors (Lipinski definition) is 1. The maximum absolute atomic E-state index is 2.91. The van der Waals surface area contributed by atoms with Crippen LogP contribution in [0.15, 0.2) is 109 Å². The highest BCUT2D eigenvalue weighted by Gasteiger charge is 2.53. The first kappa shape index (κ1) is 41.4. The van der Waals surface area contributed by atoms with Crippen LogP contribution in [0.3, 0.4) is 0 Å². The van der Waals surface area contributed by atoms with Crippen molar-refractivity contribution in [1.29, 1.82) is 0 Å². The predicted octanol–water partition coefficient (Wildman–Crippen LogP) is 16.5. The molecule has 0 saturated heterocycles. The lowest BCUT2D eigenvalue weighted by molar-refractivity contribution is -0.00512. The molecule has 6 bridgehead atoms. The summed E-state index contributed by atoms with van der Waals surface area (Å²) in [6.45, 7) is 14.9.